The first-order valence-corrected chi connectivity index (χ1v) is 10.7. The van der Waals surface area contributed by atoms with Crippen LogP contribution in [0.4, 0.5) is 18.0 Å². The SMILES string of the molecule is O=C1NC(c2ccc(-c3cccc(Cl)c3)o2)C(C(=O)c2ccc(Br)cc2)C(O)(C(F)(F)F)N1. The summed E-state index contributed by atoms with van der Waals surface area (Å²) in [6.07, 6.45) is -5.36. The van der Waals surface area contributed by atoms with Crippen LogP contribution in [0.2, 0.25) is 5.02 Å². The number of Topliss-reactive ketones (excluding diaryl/α,β-unsaturated/α-hetero) is 1. The Morgan fingerprint density at radius 1 is 1.12 bits per heavy atom. The maximum atomic E-state index is 14.0. The molecule has 0 bridgehead atoms. The summed E-state index contributed by atoms with van der Waals surface area (Å²) >= 11 is 9.18. The lowest BCUT2D eigenvalue weighted by Crippen LogP contribution is -2.72. The normalized spacial score (nSPS) is 23.0. The molecule has 11 heteroatoms. The lowest BCUT2D eigenvalue weighted by atomic mass is 9.79. The highest BCUT2D eigenvalue weighted by Crippen LogP contribution is 2.44. The first-order chi connectivity index (χ1) is 15.5. The predicted octanol–water partition coefficient (Wildman–Crippen LogP) is 5.47. The van der Waals surface area contributed by atoms with Gasteiger partial charge < -0.3 is 20.2 Å². The Balaban J connectivity index is 1.81. The number of alkyl halides is 3. The minimum Gasteiger partial charge on any atom is -0.459 e. The molecule has 2 aromatic carbocycles. The molecule has 1 aliphatic rings. The third-order valence-electron chi connectivity index (χ3n) is 5.26. The average molecular weight is 544 g/mol. The molecule has 0 spiro atoms. The van der Waals surface area contributed by atoms with Crippen LogP contribution in [0.5, 0.6) is 0 Å². The number of aliphatic hydroxyl groups is 1. The van der Waals surface area contributed by atoms with E-state index in [9.17, 15) is 27.9 Å². The number of nitrogens with one attached hydrogen (secondary N) is 2. The Kier molecular flexibility index (Phi) is 6.02. The molecule has 2 amide bonds. The summed E-state index contributed by atoms with van der Waals surface area (Å²) in [6.45, 7) is 0. The molecule has 1 saturated heterocycles. The number of ketones is 1. The molecule has 6 nitrogen and oxygen atoms in total. The van der Waals surface area contributed by atoms with E-state index < -0.39 is 35.7 Å². The van der Waals surface area contributed by atoms with Gasteiger partial charge in [-0.3, -0.25) is 4.79 Å². The van der Waals surface area contributed by atoms with Crippen molar-refractivity contribution in [3.8, 4) is 11.3 Å². The maximum Gasteiger partial charge on any atom is 0.437 e. The molecule has 3 unspecified atom stereocenters. The number of amides is 2. The van der Waals surface area contributed by atoms with Gasteiger partial charge in [-0.05, 0) is 36.4 Å². The lowest BCUT2D eigenvalue weighted by molar-refractivity contribution is -0.288. The van der Waals surface area contributed by atoms with Crippen LogP contribution in [-0.4, -0.2) is 28.8 Å². The van der Waals surface area contributed by atoms with Crippen LogP contribution in [-0.2, 0) is 0 Å². The summed E-state index contributed by atoms with van der Waals surface area (Å²) in [5.74, 6) is -3.11. The van der Waals surface area contributed by atoms with E-state index in [0.717, 1.165) is 0 Å². The van der Waals surface area contributed by atoms with Crippen LogP contribution < -0.4 is 10.6 Å². The molecule has 3 atom stereocenters. The van der Waals surface area contributed by atoms with Crippen LogP contribution in [0.25, 0.3) is 11.3 Å². The number of urea groups is 1. The summed E-state index contributed by atoms with van der Waals surface area (Å²) in [5, 5.41) is 14.8. The number of rotatable bonds is 4. The standard InChI is InChI=1S/C22H15BrClF3N2O4/c23-13-6-4-11(5-7-13)19(30)17-18(28-20(31)29-21(17,32)22(25,26)27)16-9-8-15(33-16)12-2-1-3-14(24)10-12/h1-10,17-18,32H,(H2,28,29,31). The van der Waals surface area contributed by atoms with Crippen LogP contribution >= 0.6 is 27.5 Å². The molecule has 172 valence electrons. The molecule has 3 N–H and O–H groups in total. The van der Waals surface area contributed by atoms with Crippen molar-refractivity contribution in [2.75, 3.05) is 0 Å². The second kappa shape index (κ2) is 8.51. The largest absolute Gasteiger partial charge is 0.459 e. The lowest BCUT2D eigenvalue weighted by Gasteiger charge is -2.44. The Labute approximate surface area is 198 Å². The van der Waals surface area contributed by atoms with E-state index in [1.54, 1.807) is 24.3 Å². The number of benzene rings is 2. The predicted molar refractivity (Wildman–Crippen MR) is 117 cm³/mol. The minimum absolute atomic E-state index is 0.0876. The van der Waals surface area contributed by atoms with E-state index in [1.807, 2.05) is 0 Å². The quantitative estimate of drug-likeness (QED) is 0.381. The van der Waals surface area contributed by atoms with Gasteiger partial charge >= 0.3 is 12.2 Å². The second-order valence-corrected chi connectivity index (χ2v) is 8.75. The Hall–Kier alpha value is -2.82. The monoisotopic (exact) mass is 542 g/mol. The van der Waals surface area contributed by atoms with E-state index in [4.69, 9.17) is 16.0 Å². The van der Waals surface area contributed by atoms with Crippen molar-refractivity contribution in [2.24, 2.45) is 5.92 Å². The highest BCUT2D eigenvalue weighted by molar-refractivity contribution is 9.10. The van der Waals surface area contributed by atoms with Crippen LogP contribution in [0, 0.1) is 5.92 Å². The summed E-state index contributed by atoms with van der Waals surface area (Å²) < 4.78 is 48.3. The zero-order valence-corrected chi connectivity index (χ0v) is 18.8. The van der Waals surface area contributed by atoms with E-state index in [0.29, 0.717) is 15.1 Å². The smallest absolute Gasteiger partial charge is 0.437 e. The first kappa shape index (κ1) is 23.3. The van der Waals surface area contributed by atoms with Crippen LogP contribution in [0.1, 0.15) is 22.2 Å². The summed E-state index contributed by atoms with van der Waals surface area (Å²) in [7, 11) is 0. The zero-order valence-electron chi connectivity index (χ0n) is 16.5. The summed E-state index contributed by atoms with van der Waals surface area (Å²) in [6, 6.07) is 12.0. The van der Waals surface area contributed by atoms with Gasteiger partial charge in [-0.15, -0.1) is 0 Å². The molecule has 0 radical (unpaired) electrons. The van der Waals surface area contributed by atoms with Gasteiger partial charge in [0.05, 0.1) is 0 Å². The van der Waals surface area contributed by atoms with E-state index in [-0.39, 0.29) is 17.1 Å². The minimum atomic E-state index is -5.36. The Bertz CT molecular complexity index is 1210. The molecule has 4 rings (SSSR count). The van der Waals surface area contributed by atoms with Crippen molar-refractivity contribution < 1.29 is 32.3 Å². The summed E-state index contributed by atoms with van der Waals surface area (Å²) in [4.78, 5) is 25.4. The average Bonchev–Trinajstić information content (AvgIpc) is 3.23. The van der Waals surface area contributed by atoms with Crippen molar-refractivity contribution in [1.82, 2.24) is 10.6 Å². The highest BCUT2D eigenvalue weighted by Gasteiger charge is 2.66. The molecular weight excluding hydrogens is 529 g/mol. The third-order valence-corrected chi connectivity index (χ3v) is 6.02. The van der Waals surface area contributed by atoms with Gasteiger partial charge in [-0.2, -0.15) is 13.2 Å². The van der Waals surface area contributed by atoms with Crippen molar-refractivity contribution in [1.29, 1.82) is 0 Å². The van der Waals surface area contributed by atoms with E-state index in [1.165, 1.54) is 41.7 Å². The van der Waals surface area contributed by atoms with Crippen molar-refractivity contribution >= 4 is 39.3 Å². The molecule has 3 aromatic rings. The molecular formula is C22H15BrClF3N2O4. The van der Waals surface area contributed by atoms with Gasteiger partial charge in [-0.1, -0.05) is 51.8 Å². The van der Waals surface area contributed by atoms with Crippen LogP contribution in [0.15, 0.2) is 69.6 Å². The number of furan rings is 1. The highest BCUT2D eigenvalue weighted by atomic mass is 79.9. The van der Waals surface area contributed by atoms with Gasteiger partial charge in [0.1, 0.15) is 23.5 Å². The molecule has 1 aromatic heterocycles. The maximum absolute atomic E-state index is 14.0. The van der Waals surface area contributed by atoms with Crippen molar-refractivity contribution in [3.63, 3.8) is 0 Å². The van der Waals surface area contributed by atoms with Crippen molar-refractivity contribution in [3.05, 3.63) is 81.5 Å². The number of carbonyl (C=O) groups is 2. The fourth-order valence-electron chi connectivity index (χ4n) is 3.69. The van der Waals surface area contributed by atoms with Crippen LogP contribution in [0.3, 0.4) is 0 Å². The first-order valence-electron chi connectivity index (χ1n) is 9.53. The van der Waals surface area contributed by atoms with Gasteiger partial charge in [0.25, 0.3) is 0 Å². The number of hydrogen-bond acceptors (Lipinski definition) is 4. The van der Waals surface area contributed by atoms with E-state index >= 15 is 0 Å². The molecule has 1 fully saturated rings. The van der Waals surface area contributed by atoms with Gasteiger partial charge in [0, 0.05) is 20.6 Å². The zero-order chi connectivity index (χ0) is 24.0. The number of carbonyl (C=O) groups excluding carboxylic acids is 2. The third kappa shape index (κ3) is 4.38. The van der Waals surface area contributed by atoms with Gasteiger partial charge in [-0.25, -0.2) is 4.79 Å². The Morgan fingerprint density at radius 2 is 1.82 bits per heavy atom. The fraction of sp³-hybridized carbons (Fsp3) is 0.182. The van der Waals surface area contributed by atoms with E-state index in [2.05, 4.69) is 21.2 Å². The van der Waals surface area contributed by atoms with Crippen molar-refractivity contribution in [2.45, 2.75) is 17.9 Å². The fourth-order valence-corrected chi connectivity index (χ4v) is 4.14. The number of hydrogen-bond donors (Lipinski definition) is 3. The summed E-state index contributed by atoms with van der Waals surface area (Å²) in [5.41, 5.74) is -3.39. The molecule has 1 aliphatic heterocycles. The number of halogens is 5. The van der Waals surface area contributed by atoms with Gasteiger partial charge in [0.15, 0.2) is 5.78 Å². The molecule has 0 saturated carbocycles. The molecule has 33 heavy (non-hydrogen) atoms. The second-order valence-electron chi connectivity index (χ2n) is 7.40. The topological polar surface area (TPSA) is 91.6 Å². The van der Waals surface area contributed by atoms with Gasteiger partial charge in [0.2, 0.25) is 5.72 Å². The molecule has 2 heterocycles. The Morgan fingerprint density at radius 3 is 2.45 bits per heavy atom. The molecule has 0 aliphatic carbocycles.